The van der Waals surface area contributed by atoms with E-state index in [1.807, 2.05) is 6.07 Å². The topological polar surface area (TPSA) is 112 Å². The first-order valence-electron chi connectivity index (χ1n) is 8.58. The number of halogens is 1. The van der Waals surface area contributed by atoms with Crippen molar-refractivity contribution in [2.45, 2.75) is 0 Å². The summed E-state index contributed by atoms with van der Waals surface area (Å²) in [7, 11) is 0. The second-order valence-electron chi connectivity index (χ2n) is 6.24. The first-order chi connectivity index (χ1) is 13.6. The van der Waals surface area contributed by atoms with Crippen LogP contribution >= 0.6 is 11.6 Å². The number of aromatic nitrogens is 4. The number of benzene rings is 1. The highest BCUT2D eigenvalue weighted by Crippen LogP contribution is 2.20. The van der Waals surface area contributed by atoms with Crippen molar-refractivity contribution in [3.8, 4) is 0 Å². The number of Topliss-reactive ketones (excluding diaryl/α,β-unsaturated/α-hetero) is 1. The van der Waals surface area contributed by atoms with Crippen molar-refractivity contribution in [2.24, 2.45) is 0 Å². The molecule has 3 aromatic rings. The molecule has 9 nitrogen and oxygen atoms in total. The Balaban J connectivity index is 1.44. The van der Waals surface area contributed by atoms with E-state index in [1.165, 1.54) is 11.2 Å². The minimum absolute atomic E-state index is 0.0212. The lowest BCUT2D eigenvalue weighted by molar-refractivity contribution is -0.127. The monoisotopic (exact) mass is 398 g/mol. The van der Waals surface area contributed by atoms with E-state index in [0.29, 0.717) is 18.7 Å². The van der Waals surface area contributed by atoms with Crippen molar-refractivity contribution in [1.29, 1.82) is 0 Å². The molecule has 142 valence electrons. The van der Waals surface area contributed by atoms with Crippen LogP contribution in [0.25, 0.3) is 11.0 Å². The summed E-state index contributed by atoms with van der Waals surface area (Å²) in [4.78, 5) is 48.6. The number of ketones is 1. The summed E-state index contributed by atoms with van der Waals surface area (Å²) >= 11 is 5.92. The zero-order chi connectivity index (χ0) is 19.7. The number of hydrogen-bond donors (Lipinski definition) is 1. The average molecular weight is 399 g/mol. The summed E-state index contributed by atoms with van der Waals surface area (Å²) in [5.41, 5.74) is 1.01. The Bertz CT molecular complexity index is 1060. The largest absolute Gasteiger partial charge is 0.335 e. The molecule has 3 heterocycles. The smallest absolute Gasteiger partial charge is 0.296 e. The fourth-order valence-electron chi connectivity index (χ4n) is 3.09. The number of amides is 2. The normalized spacial score (nSPS) is 14.3. The van der Waals surface area contributed by atoms with Gasteiger partial charge in [0.2, 0.25) is 0 Å². The number of nitrogens with zero attached hydrogens (tertiary/aromatic N) is 5. The molecule has 0 aliphatic carbocycles. The van der Waals surface area contributed by atoms with E-state index in [0.717, 1.165) is 0 Å². The number of H-pyrrole nitrogens is 1. The van der Waals surface area contributed by atoms with Gasteiger partial charge in [0, 0.05) is 31.7 Å². The maximum atomic E-state index is 12.6. The van der Waals surface area contributed by atoms with Crippen molar-refractivity contribution >= 4 is 40.2 Å². The summed E-state index contributed by atoms with van der Waals surface area (Å²) in [6, 6.07) is 8.95. The minimum Gasteiger partial charge on any atom is -0.335 e. The van der Waals surface area contributed by atoms with Gasteiger partial charge < -0.3 is 9.80 Å². The van der Waals surface area contributed by atoms with Crippen LogP contribution in [0.5, 0.6) is 0 Å². The van der Waals surface area contributed by atoms with Gasteiger partial charge in [-0.05, 0) is 12.1 Å². The van der Waals surface area contributed by atoms with Gasteiger partial charge in [0.05, 0.1) is 0 Å². The Morgan fingerprint density at radius 2 is 1.61 bits per heavy atom. The Kier molecular flexibility index (Phi) is 4.74. The molecule has 1 aromatic carbocycles. The van der Waals surface area contributed by atoms with E-state index in [1.54, 1.807) is 29.2 Å². The fourth-order valence-corrected chi connectivity index (χ4v) is 3.26. The highest BCUT2D eigenvalue weighted by Gasteiger charge is 2.31. The number of carbonyl (C=O) groups is 3. The van der Waals surface area contributed by atoms with E-state index in [-0.39, 0.29) is 40.9 Å². The van der Waals surface area contributed by atoms with Gasteiger partial charge in [0.15, 0.2) is 5.15 Å². The molecule has 1 fully saturated rings. The standard InChI is InChI=1S/C18H15ClN6O3/c19-16-14-12(20-10-21-16)13(22-23-14)15(26)18(28)25-8-6-24(7-9-25)17(27)11-4-2-1-3-5-11/h1-5,10H,6-9H2,(H,22,23). The van der Waals surface area contributed by atoms with Gasteiger partial charge in [-0.3, -0.25) is 19.5 Å². The molecule has 4 rings (SSSR count). The van der Waals surface area contributed by atoms with Crippen LogP contribution in [0.4, 0.5) is 0 Å². The van der Waals surface area contributed by atoms with Crippen molar-refractivity contribution in [1.82, 2.24) is 30.0 Å². The van der Waals surface area contributed by atoms with E-state index >= 15 is 0 Å². The predicted molar refractivity (Wildman–Crippen MR) is 99.9 cm³/mol. The molecule has 1 saturated heterocycles. The van der Waals surface area contributed by atoms with Crippen LogP contribution in [-0.2, 0) is 4.79 Å². The van der Waals surface area contributed by atoms with Gasteiger partial charge >= 0.3 is 0 Å². The fraction of sp³-hybridized carbons (Fsp3) is 0.222. The molecule has 0 bridgehead atoms. The van der Waals surface area contributed by atoms with Crippen molar-refractivity contribution in [3.05, 3.63) is 53.1 Å². The van der Waals surface area contributed by atoms with Crippen LogP contribution in [0.15, 0.2) is 36.7 Å². The summed E-state index contributed by atoms with van der Waals surface area (Å²) in [5.74, 6) is -1.52. The van der Waals surface area contributed by atoms with Gasteiger partial charge in [-0.1, -0.05) is 29.8 Å². The zero-order valence-electron chi connectivity index (χ0n) is 14.6. The third kappa shape index (κ3) is 3.20. The van der Waals surface area contributed by atoms with Crippen LogP contribution in [0.1, 0.15) is 20.8 Å². The summed E-state index contributed by atoms with van der Waals surface area (Å²) in [6.45, 7) is 1.24. The lowest BCUT2D eigenvalue weighted by Crippen LogP contribution is -2.52. The number of aromatic amines is 1. The molecule has 2 aromatic heterocycles. The number of piperazine rings is 1. The summed E-state index contributed by atoms with van der Waals surface area (Å²) < 4.78 is 0. The first-order valence-corrected chi connectivity index (χ1v) is 8.96. The highest BCUT2D eigenvalue weighted by atomic mass is 35.5. The van der Waals surface area contributed by atoms with E-state index in [2.05, 4.69) is 20.2 Å². The molecule has 1 aliphatic heterocycles. The predicted octanol–water partition coefficient (Wildman–Crippen LogP) is 1.17. The highest BCUT2D eigenvalue weighted by molar-refractivity contribution is 6.44. The van der Waals surface area contributed by atoms with Gasteiger partial charge in [0.25, 0.3) is 17.6 Å². The van der Waals surface area contributed by atoms with Crippen LogP contribution < -0.4 is 0 Å². The average Bonchev–Trinajstić information content (AvgIpc) is 3.18. The quantitative estimate of drug-likeness (QED) is 0.402. The van der Waals surface area contributed by atoms with Gasteiger partial charge in [-0.25, -0.2) is 9.97 Å². The molecular formula is C18H15ClN6O3. The number of hydrogen-bond acceptors (Lipinski definition) is 6. The van der Waals surface area contributed by atoms with Crippen molar-refractivity contribution in [3.63, 3.8) is 0 Å². The summed E-state index contributed by atoms with van der Waals surface area (Å²) in [5, 5.41) is 6.53. The molecule has 0 unspecified atom stereocenters. The zero-order valence-corrected chi connectivity index (χ0v) is 15.4. The molecule has 1 N–H and O–H groups in total. The lowest BCUT2D eigenvalue weighted by Gasteiger charge is -2.34. The Morgan fingerprint density at radius 3 is 2.32 bits per heavy atom. The Hall–Kier alpha value is -3.33. The van der Waals surface area contributed by atoms with Crippen molar-refractivity contribution < 1.29 is 14.4 Å². The molecule has 0 saturated carbocycles. The van der Waals surface area contributed by atoms with E-state index in [4.69, 9.17) is 11.6 Å². The van der Waals surface area contributed by atoms with Gasteiger partial charge in [-0.15, -0.1) is 0 Å². The van der Waals surface area contributed by atoms with Crippen LogP contribution in [-0.4, -0.2) is 73.7 Å². The third-order valence-electron chi connectivity index (χ3n) is 4.59. The van der Waals surface area contributed by atoms with Crippen molar-refractivity contribution in [2.75, 3.05) is 26.2 Å². The maximum Gasteiger partial charge on any atom is 0.296 e. The number of nitrogens with one attached hydrogen (secondary N) is 1. The Labute approximate surface area is 164 Å². The second kappa shape index (κ2) is 7.35. The third-order valence-corrected chi connectivity index (χ3v) is 4.87. The second-order valence-corrected chi connectivity index (χ2v) is 6.60. The molecular weight excluding hydrogens is 384 g/mol. The molecule has 1 aliphatic rings. The van der Waals surface area contributed by atoms with E-state index < -0.39 is 11.7 Å². The first kappa shape index (κ1) is 18.1. The maximum absolute atomic E-state index is 12.6. The number of fused-ring (bicyclic) bond motifs is 1. The molecule has 0 atom stereocenters. The molecule has 28 heavy (non-hydrogen) atoms. The Morgan fingerprint density at radius 1 is 0.929 bits per heavy atom. The van der Waals surface area contributed by atoms with Crippen LogP contribution in [0.3, 0.4) is 0 Å². The summed E-state index contributed by atoms with van der Waals surface area (Å²) in [6.07, 6.45) is 1.20. The lowest BCUT2D eigenvalue weighted by atomic mass is 10.1. The molecule has 0 spiro atoms. The van der Waals surface area contributed by atoms with Crippen LogP contribution in [0, 0.1) is 0 Å². The molecule has 2 amide bonds. The molecule has 0 radical (unpaired) electrons. The number of carbonyl (C=O) groups excluding carboxylic acids is 3. The van der Waals surface area contributed by atoms with Gasteiger partial charge in [-0.2, -0.15) is 5.10 Å². The van der Waals surface area contributed by atoms with Crippen LogP contribution in [0.2, 0.25) is 5.15 Å². The molecule has 10 heteroatoms. The SMILES string of the molecule is O=C(C(=O)N1CCN(C(=O)c2ccccc2)CC1)c1[nH]nc2c(Cl)ncnc12. The van der Waals surface area contributed by atoms with E-state index in [9.17, 15) is 14.4 Å². The minimum atomic E-state index is -0.750. The van der Waals surface area contributed by atoms with Gasteiger partial charge in [0.1, 0.15) is 23.1 Å². The number of rotatable bonds is 3.